The molecule has 3 aromatic rings. The highest BCUT2D eigenvalue weighted by Crippen LogP contribution is 2.25. The Morgan fingerprint density at radius 1 is 0.889 bits per heavy atom. The number of aryl methyl sites for hydroxylation is 1. The largest absolute Gasteiger partial charge is 0.454 e. The first-order valence-corrected chi connectivity index (χ1v) is 9.85. The van der Waals surface area contributed by atoms with Crippen LogP contribution >= 0.6 is 23.8 Å². The molecule has 1 fully saturated rings. The van der Waals surface area contributed by atoms with E-state index in [-0.39, 0.29) is 0 Å². The van der Waals surface area contributed by atoms with E-state index in [1.54, 1.807) is 0 Å². The summed E-state index contributed by atoms with van der Waals surface area (Å²) in [5.41, 5.74) is 3.56. The highest BCUT2D eigenvalue weighted by molar-refractivity contribution is 7.80. The second-order valence-electron chi connectivity index (χ2n) is 6.79. The van der Waals surface area contributed by atoms with Crippen LogP contribution in [0, 0.1) is 6.92 Å². The van der Waals surface area contributed by atoms with Crippen molar-refractivity contribution in [3.63, 3.8) is 0 Å². The molecule has 138 valence electrons. The zero-order valence-corrected chi connectivity index (χ0v) is 16.8. The van der Waals surface area contributed by atoms with E-state index in [0.717, 1.165) is 48.3 Å². The Kier molecular flexibility index (Phi) is 5.19. The minimum atomic E-state index is 0.715. The minimum absolute atomic E-state index is 0.715. The minimum Gasteiger partial charge on any atom is -0.454 e. The number of benzene rings is 2. The Labute approximate surface area is 170 Å². The SMILES string of the molecule is Cc1ccc(N2CCN(C(=S)c3ccc(-c4ccc(Cl)cc4)o3)CC2)cc1. The number of thiocarbonyl (C=S) groups is 1. The number of piperazine rings is 1. The maximum Gasteiger partial charge on any atom is 0.162 e. The summed E-state index contributed by atoms with van der Waals surface area (Å²) in [5.74, 6) is 1.56. The highest BCUT2D eigenvalue weighted by atomic mass is 35.5. The Morgan fingerprint density at radius 2 is 1.56 bits per heavy atom. The molecular formula is C22H21ClN2OS. The molecule has 5 heteroatoms. The van der Waals surface area contributed by atoms with E-state index in [2.05, 4.69) is 41.0 Å². The van der Waals surface area contributed by atoms with E-state index in [1.165, 1.54) is 11.3 Å². The average Bonchev–Trinajstić information content (AvgIpc) is 3.19. The molecule has 3 nitrogen and oxygen atoms in total. The van der Waals surface area contributed by atoms with E-state index in [4.69, 9.17) is 28.2 Å². The van der Waals surface area contributed by atoms with Crippen LogP contribution in [0.5, 0.6) is 0 Å². The van der Waals surface area contributed by atoms with Crippen LogP contribution in [0.4, 0.5) is 5.69 Å². The average molecular weight is 397 g/mol. The van der Waals surface area contributed by atoms with Crippen molar-refractivity contribution >= 4 is 34.5 Å². The maximum atomic E-state index is 6.01. The van der Waals surface area contributed by atoms with Gasteiger partial charge < -0.3 is 14.2 Å². The summed E-state index contributed by atoms with van der Waals surface area (Å²) in [4.78, 5) is 5.41. The van der Waals surface area contributed by atoms with Gasteiger partial charge in [0.05, 0.1) is 0 Å². The van der Waals surface area contributed by atoms with Gasteiger partial charge in [-0.3, -0.25) is 0 Å². The lowest BCUT2D eigenvalue weighted by Crippen LogP contribution is -2.48. The third kappa shape index (κ3) is 4.02. The molecule has 0 saturated carbocycles. The van der Waals surface area contributed by atoms with Gasteiger partial charge >= 0.3 is 0 Å². The molecular weight excluding hydrogens is 376 g/mol. The molecule has 0 bridgehead atoms. The van der Waals surface area contributed by atoms with Crippen LogP contribution in [-0.4, -0.2) is 36.1 Å². The van der Waals surface area contributed by atoms with Crippen LogP contribution < -0.4 is 4.90 Å². The fourth-order valence-electron chi connectivity index (χ4n) is 3.30. The lowest BCUT2D eigenvalue weighted by atomic mass is 10.2. The molecule has 0 N–H and O–H groups in total. The number of rotatable bonds is 3. The second kappa shape index (κ2) is 7.75. The molecule has 2 aromatic carbocycles. The van der Waals surface area contributed by atoms with Crippen molar-refractivity contribution in [2.45, 2.75) is 6.92 Å². The number of anilines is 1. The van der Waals surface area contributed by atoms with Crippen molar-refractivity contribution in [1.82, 2.24) is 4.90 Å². The van der Waals surface area contributed by atoms with Crippen molar-refractivity contribution < 1.29 is 4.42 Å². The third-order valence-corrected chi connectivity index (χ3v) is 5.62. The van der Waals surface area contributed by atoms with Crippen LogP contribution in [0.2, 0.25) is 5.02 Å². The van der Waals surface area contributed by atoms with Gasteiger partial charge in [0, 0.05) is 42.5 Å². The molecule has 4 rings (SSSR count). The Hall–Kier alpha value is -2.30. The fraction of sp³-hybridized carbons (Fsp3) is 0.227. The molecule has 0 unspecified atom stereocenters. The van der Waals surface area contributed by atoms with Gasteiger partial charge in [0.25, 0.3) is 0 Å². The Balaban J connectivity index is 1.41. The zero-order chi connectivity index (χ0) is 18.8. The molecule has 1 aromatic heterocycles. The number of furan rings is 1. The lowest BCUT2D eigenvalue weighted by Gasteiger charge is -2.37. The summed E-state index contributed by atoms with van der Waals surface area (Å²) in [7, 11) is 0. The van der Waals surface area contributed by atoms with E-state index in [9.17, 15) is 0 Å². The second-order valence-corrected chi connectivity index (χ2v) is 7.61. The number of hydrogen-bond donors (Lipinski definition) is 0. The predicted octanol–water partition coefficient (Wildman–Crippen LogP) is 5.41. The smallest absolute Gasteiger partial charge is 0.162 e. The molecule has 27 heavy (non-hydrogen) atoms. The summed E-state index contributed by atoms with van der Waals surface area (Å²) in [6, 6.07) is 20.3. The first kappa shape index (κ1) is 18.1. The van der Waals surface area contributed by atoms with Crippen molar-refractivity contribution in [3.8, 4) is 11.3 Å². The van der Waals surface area contributed by atoms with Crippen LogP contribution in [0.15, 0.2) is 65.1 Å². The zero-order valence-electron chi connectivity index (χ0n) is 15.2. The van der Waals surface area contributed by atoms with Crippen molar-refractivity contribution in [2.75, 3.05) is 31.1 Å². The van der Waals surface area contributed by atoms with Crippen LogP contribution in [0.25, 0.3) is 11.3 Å². The number of nitrogens with zero attached hydrogens (tertiary/aromatic N) is 2. The van der Waals surface area contributed by atoms with Gasteiger partial charge in [0.1, 0.15) is 10.7 Å². The standard InChI is InChI=1S/C22H21ClN2OS/c1-16-2-8-19(9-3-16)24-12-14-25(15-13-24)22(27)21-11-10-20(26-21)17-4-6-18(23)7-5-17/h2-11H,12-15H2,1H3. The number of hydrogen-bond acceptors (Lipinski definition) is 3. The van der Waals surface area contributed by atoms with E-state index in [1.807, 2.05) is 36.4 Å². The molecule has 0 amide bonds. The van der Waals surface area contributed by atoms with Crippen molar-refractivity contribution in [1.29, 1.82) is 0 Å². The van der Waals surface area contributed by atoms with E-state index < -0.39 is 0 Å². The number of halogens is 1. The van der Waals surface area contributed by atoms with E-state index in [0.29, 0.717) is 5.02 Å². The molecule has 1 aliphatic rings. The third-order valence-electron chi connectivity index (χ3n) is 4.91. The first-order valence-electron chi connectivity index (χ1n) is 9.07. The molecule has 0 radical (unpaired) electrons. The lowest BCUT2D eigenvalue weighted by molar-refractivity contribution is 0.385. The summed E-state index contributed by atoms with van der Waals surface area (Å²) in [6.07, 6.45) is 0. The van der Waals surface area contributed by atoms with Gasteiger partial charge in [-0.05, 0) is 55.5 Å². The fourth-order valence-corrected chi connectivity index (χ4v) is 3.72. The summed E-state index contributed by atoms with van der Waals surface area (Å²) >= 11 is 11.6. The van der Waals surface area contributed by atoms with Gasteiger partial charge in [-0.1, -0.05) is 41.5 Å². The maximum absolute atomic E-state index is 6.01. The van der Waals surface area contributed by atoms with Gasteiger partial charge in [-0.2, -0.15) is 0 Å². The molecule has 1 aliphatic heterocycles. The van der Waals surface area contributed by atoms with E-state index >= 15 is 0 Å². The summed E-state index contributed by atoms with van der Waals surface area (Å²) in [5, 5.41) is 0.715. The normalized spacial score (nSPS) is 14.4. The monoisotopic (exact) mass is 396 g/mol. The Morgan fingerprint density at radius 3 is 2.22 bits per heavy atom. The van der Waals surface area contributed by atoms with Crippen LogP contribution in [0.3, 0.4) is 0 Å². The molecule has 0 aliphatic carbocycles. The molecule has 1 saturated heterocycles. The van der Waals surface area contributed by atoms with Crippen LogP contribution in [0.1, 0.15) is 11.3 Å². The quantitative estimate of drug-likeness (QED) is 0.551. The van der Waals surface area contributed by atoms with Crippen LogP contribution in [-0.2, 0) is 0 Å². The van der Waals surface area contributed by atoms with Gasteiger partial charge in [0.15, 0.2) is 5.76 Å². The molecule has 2 heterocycles. The van der Waals surface area contributed by atoms with Crippen molar-refractivity contribution in [3.05, 3.63) is 77.0 Å². The highest BCUT2D eigenvalue weighted by Gasteiger charge is 2.22. The summed E-state index contributed by atoms with van der Waals surface area (Å²) in [6.45, 7) is 5.80. The predicted molar refractivity (Wildman–Crippen MR) is 116 cm³/mol. The summed E-state index contributed by atoms with van der Waals surface area (Å²) < 4.78 is 6.01. The van der Waals surface area contributed by atoms with Gasteiger partial charge in [-0.25, -0.2) is 0 Å². The topological polar surface area (TPSA) is 19.6 Å². The Bertz CT molecular complexity index is 926. The molecule has 0 spiro atoms. The van der Waals surface area contributed by atoms with Crippen molar-refractivity contribution in [2.24, 2.45) is 0 Å². The first-order chi connectivity index (χ1) is 13.1. The van der Waals surface area contributed by atoms with Gasteiger partial charge in [0.2, 0.25) is 0 Å². The molecule has 0 atom stereocenters. The van der Waals surface area contributed by atoms with Gasteiger partial charge in [-0.15, -0.1) is 0 Å².